The zero-order valence-electron chi connectivity index (χ0n) is 13.3. The molecule has 1 atom stereocenters. The summed E-state index contributed by atoms with van der Waals surface area (Å²) in [7, 11) is 0. The van der Waals surface area contributed by atoms with E-state index in [1.807, 2.05) is 23.6 Å². The van der Waals surface area contributed by atoms with Crippen molar-refractivity contribution in [1.29, 1.82) is 0 Å². The number of nitrogens with one attached hydrogen (secondary N) is 1. The van der Waals surface area contributed by atoms with Gasteiger partial charge in [-0.1, -0.05) is 13.8 Å². The quantitative estimate of drug-likeness (QED) is 0.830. The molecule has 2 saturated heterocycles. The Morgan fingerprint density at radius 3 is 2.29 bits per heavy atom. The van der Waals surface area contributed by atoms with Gasteiger partial charge in [-0.05, 0) is 19.8 Å². The molecule has 0 aliphatic carbocycles. The van der Waals surface area contributed by atoms with E-state index in [1.165, 1.54) is 0 Å². The standard InChI is InChI=1S/C15H27N3O2.ClH/c1-11(2)14(19)17-7-4-13(5-8-17)15(20)18-9-6-16-10-12(18)3;/h11-13,16H,4-10H2,1-3H3;1H/t12-;/m1./s1. The number of amides is 2. The second-order valence-corrected chi connectivity index (χ2v) is 6.34. The summed E-state index contributed by atoms with van der Waals surface area (Å²) in [5.41, 5.74) is 0. The van der Waals surface area contributed by atoms with Gasteiger partial charge in [-0.3, -0.25) is 9.59 Å². The van der Waals surface area contributed by atoms with Crippen molar-refractivity contribution < 1.29 is 9.59 Å². The highest BCUT2D eigenvalue weighted by molar-refractivity contribution is 5.85. The molecule has 0 bridgehead atoms. The van der Waals surface area contributed by atoms with Gasteiger partial charge in [0, 0.05) is 50.6 Å². The van der Waals surface area contributed by atoms with Crippen molar-refractivity contribution in [3.8, 4) is 0 Å². The molecule has 6 heteroatoms. The fourth-order valence-electron chi connectivity index (χ4n) is 3.11. The fourth-order valence-corrected chi connectivity index (χ4v) is 3.11. The zero-order chi connectivity index (χ0) is 14.7. The van der Waals surface area contributed by atoms with Gasteiger partial charge in [0.2, 0.25) is 11.8 Å². The molecule has 0 spiro atoms. The van der Waals surface area contributed by atoms with Gasteiger partial charge in [0.05, 0.1) is 0 Å². The van der Waals surface area contributed by atoms with E-state index in [1.54, 1.807) is 0 Å². The maximum atomic E-state index is 12.6. The molecule has 2 rings (SSSR count). The molecule has 122 valence electrons. The molecule has 0 saturated carbocycles. The smallest absolute Gasteiger partial charge is 0.226 e. The molecule has 0 radical (unpaired) electrons. The lowest BCUT2D eigenvalue weighted by Crippen LogP contribution is -2.55. The number of carbonyl (C=O) groups is 2. The Kier molecular flexibility index (Phi) is 6.94. The molecule has 0 unspecified atom stereocenters. The van der Waals surface area contributed by atoms with Crippen molar-refractivity contribution >= 4 is 24.2 Å². The third-order valence-corrected chi connectivity index (χ3v) is 4.43. The van der Waals surface area contributed by atoms with Crippen LogP contribution in [-0.4, -0.2) is 60.4 Å². The number of nitrogens with zero attached hydrogens (tertiary/aromatic N) is 2. The van der Waals surface area contributed by atoms with Crippen molar-refractivity contribution in [3.63, 3.8) is 0 Å². The first-order valence-corrected chi connectivity index (χ1v) is 7.80. The summed E-state index contributed by atoms with van der Waals surface area (Å²) in [5.74, 6) is 0.657. The predicted octanol–water partition coefficient (Wildman–Crippen LogP) is 1.12. The Morgan fingerprint density at radius 1 is 1.14 bits per heavy atom. The van der Waals surface area contributed by atoms with E-state index in [0.29, 0.717) is 0 Å². The molecular weight excluding hydrogens is 290 g/mol. The molecule has 5 nitrogen and oxygen atoms in total. The van der Waals surface area contributed by atoms with Gasteiger partial charge in [-0.15, -0.1) is 12.4 Å². The molecule has 2 amide bonds. The maximum Gasteiger partial charge on any atom is 0.226 e. The molecule has 2 heterocycles. The van der Waals surface area contributed by atoms with E-state index in [0.717, 1.165) is 45.6 Å². The Morgan fingerprint density at radius 2 is 1.76 bits per heavy atom. The highest BCUT2D eigenvalue weighted by Gasteiger charge is 2.33. The van der Waals surface area contributed by atoms with Crippen LogP contribution in [0.2, 0.25) is 0 Å². The van der Waals surface area contributed by atoms with E-state index in [4.69, 9.17) is 0 Å². The summed E-state index contributed by atoms with van der Waals surface area (Å²) in [5, 5.41) is 3.31. The summed E-state index contributed by atoms with van der Waals surface area (Å²) in [6.07, 6.45) is 1.63. The van der Waals surface area contributed by atoms with E-state index < -0.39 is 0 Å². The number of piperazine rings is 1. The molecule has 1 N–H and O–H groups in total. The Labute approximate surface area is 133 Å². The number of rotatable bonds is 2. The number of likely N-dealkylation sites (tertiary alicyclic amines) is 1. The topological polar surface area (TPSA) is 52.7 Å². The zero-order valence-corrected chi connectivity index (χ0v) is 14.1. The van der Waals surface area contributed by atoms with Gasteiger partial charge in [-0.25, -0.2) is 0 Å². The first kappa shape index (κ1) is 18.2. The van der Waals surface area contributed by atoms with Gasteiger partial charge in [0.1, 0.15) is 0 Å². The molecule has 2 fully saturated rings. The lowest BCUT2D eigenvalue weighted by atomic mass is 9.93. The van der Waals surface area contributed by atoms with Crippen LogP contribution < -0.4 is 5.32 Å². The normalized spacial score (nSPS) is 23.9. The lowest BCUT2D eigenvalue weighted by molar-refractivity contribution is -0.143. The number of carbonyl (C=O) groups excluding carboxylic acids is 2. The van der Waals surface area contributed by atoms with Crippen LogP contribution in [0.3, 0.4) is 0 Å². The van der Waals surface area contributed by atoms with Gasteiger partial charge in [-0.2, -0.15) is 0 Å². The number of halogens is 1. The minimum atomic E-state index is 0. The summed E-state index contributed by atoms with van der Waals surface area (Å²) in [6, 6.07) is 0.284. The number of hydrogen-bond acceptors (Lipinski definition) is 3. The summed E-state index contributed by atoms with van der Waals surface area (Å²) >= 11 is 0. The third-order valence-electron chi connectivity index (χ3n) is 4.43. The minimum Gasteiger partial charge on any atom is -0.342 e. The SMILES string of the molecule is CC(C)C(=O)N1CCC(C(=O)N2CCNC[C@H]2C)CC1.Cl. The van der Waals surface area contributed by atoms with Gasteiger partial charge < -0.3 is 15.1 Å². The van der Waals surface area contributed by atoms with E-state index >= 15 is 0 Å². The van der Waals surface area contributed by atoms with Crippen molar-refractivity contribution in [2.45, 2.75) is 39.7 Å². The van der Waals surface area contributed by atoms with Crippen LogP contribution in [-0.2, 0) is 9.59 Å². The highest BCUT2D eigenvalue weighted by atomic mass is 35.5. The second-order valence-electron chi connectivity index (χ2n) is 6.34. The molecule has 0 aromatic heterocycles. The molecule has 21 heavy (non-hydrogen) atoms. The average molecular weight is 318 g/mol. The van der Waals surface area contributed by atoms with Gasteiger partial charge >= 0.3 is 0 Å². The number of piperidine rings is 1. The largest absolute Gasteiger partial charge is 0.342 e. The molecular formula is C15H28ClN3O2. The minimum absolute atomic E-state index is 0. The van der Waals surface area contributed by atoms with Gasteiger partial charge in [0.25, 0.3) is 0 Å². The predicted molar refractivity (Wildman–Crippen MR) is 85.4 cm³/mol. The van der Waals surface area contributed by atoms with Crippen LogP contribution in [0.1, 0.15) is 33.6 Å². The second kappa shape index (κ2) is 7.99. The van der Waals surface area contributed by atoms with Crippen LogP contribution in [0.15, 0.2) is 0 Å². The van der Waals surface area contributed by atoms with Crippen molar-refractivity contribution in [1.82, 2.24) is 15.1 Å². The van der Waals surface area contributed by atoms with Crippen LogP contribution >= 0.6 is 12.4 Å². The first-order chi connectivity index (χ1) is 9.50. The average Bonchev–Trinajstić information content (AvgIpc) is 2.46. The van der Waals surface area contributed by atoms with E-state index in [9.17, 15) is 9.59 Å². The van der Waals surface area contributed by atoms with Crippen molar-refractivity contribution in [2.24, 2.45) is 11.8 Å². The summed E-state index contributed by atoms with van der Waals surface area (Å²) < 4.78 is 0. The molecule has 2 aliphatic rings. The Hall–Kier alpha value is -0.810. The monoisotopic (exact) mass is 317 g/mol. The Bertz CT molecular complexity index is 368. The highest BCUT2D eigenvalue weighted by Crippen LogP contribution is 2.22. The number of hydrogen-bond donors (Lipinski definition) is 1. The van der Waals surface area contributed by atoms with Gasteiger partial charge in [0.15, 0.2) is 0 Å². The van der Waals surface area contributed by atoms with E-state index in [-0.39, 0.29) is 42.1 Å². The molecule has 0 aromatic carbocycles. The van der Waals surface area contributed by atoms with Crippen LogP contribution in [0.4, 0.5) is 0 Å². The molecule has 0 aromatic rings. The van der Waals surface area contributed by atoms with Crippen LogP contribution in [0.5, 0.6) is 0 Å². The molecule has 2 aliphatic heterocycles. The Balaban J connectivity index is 0.00000220. The van der Waals surface area contributed by atoms with Crippen LogP contribution in [0, 0.1) is 11.8 Å². The van der Waals surface area contributed by atoms with Crippen molar-refractivity contribution in [2.75, 3.05) is 32.7 Å². The summed E-state index contributed by atoms with van der Waals surface area (Å²) in [6.45, 7) is 10.0. The fraction of sp³-hybridized carbons (Fsp3) is 0.867. The van der Waals surface area contributed by atoms with Crippen LogP contribution in [0.25, 0.3) is 0 Å². The first-order valence-electron chi connectivity index (χ1n) is 7.80. The maximum absolute atomic E-state index is 12.6. The van der Waals surface area contributed by atoms with Crippen molar-refractivity contribution in [3.05, 3.63) is 0 Å². The third kappa shape index (κ3) is 4.33. The van der Waals surface area contributed by atoms with E-state index in [2.05, 4.69) is 12.2 Å². The summed E-state index contributed by atoms with van der Waals surface area (Å²) in [4.78, 5) is 28.4. The lowest BCUT2D eigenvalue weighted by Gasteiger charge is -2.39.